The summed E-state index contributed by atoms with van der Waals surface area (Å²) in [6, 6.07) is 13.3. The smallest absolute Gasteiger partial charge is 0.145 e. The fraction of sp³-hybridized carbons (Fsp3) is 0.167. The van der Waals surface area contributed by atoms with Crippen molar-refractivity contribution in [3.63, 3.8) is 0 Å². The second-order valence-corrected chi connectivity index (χ2v) is 5.80. The second kappa shape index (κ2) is 7.81. The molecule has 0 amide bonds. The average molecular weight is 359 g/mol. The van der Waals surface area contributed by atoms with E-state index in [1.165, 1.54) is 0 Å². The normalized spacial score (nSPS) is 10.4. The van der Waals surface area contributed by atoms with Crippen molar-refractivity contribution in [1.29, 1.82) is 0 Å². The Bertz CT molecular complexity index is 828. The van der Waals surface area contributed by atoms with Crippen molar-refractivity contribution in [3.05, 3.63) is 59.2 Å². The molecule has 0 aliphatic heterocycles. The highest BCUT2D eigenvalue weighted by molar-refractivity contribution is 6.30. The molecular weight excluding hydrogens is 340 g/mol. The first-order chi connectivity index (χ1) is 12.2. The molecule has 3 rings (SSSR count). The first kappa shape index (κ1) is 17.0. The fourth-order valence-corrected chi connectivity index (χ4v) is 2.59. The molecule has 0 atom stereocenters. The van der Waals surface area contributed by atoms with Crippen LogP contribution in [0.25, 0.3) is 0 Å². The van der Waals surface area contributed by atoms with E-state index >= 15 is 0 Å². The molecule has 0 aliphatic carbocycles. The van der Waals surface area contributed by atoms with E-state index in [1.54, 1.807) is 20.4 Å². The van der Waals surface area contributed by atoms with Gasteiger partial charge in [-0.15, -0.1) is 0 Å². The predicted molar refractivity (Wildman–Crippen MR) is 100 cm³/mol. The number of hydrogen-bond acceptors (Lipinski definition) is 5. The van der Waals surface area contributed by atoms with Crippen LogP contribution in [0.4, 0.5) is 17.2 Å². The van der Waals surface area contributed by atoms with E-state index in [2.05, 4.69) is 20.8 Å². The number of H-pyrrole nitrogens is 1. The predicted octanol–water partition coefficient (Wildman–Crippen LogP) is 4.44. The van der Waals surface area contributed by atoms with Gasteiger partial charge in [0.2, 0.25) is 0 Å². The topological polar surface area (TPSA) is 71.2 Å². The number of aromatic nitrogens is 2. The van der Waals surface area contributed by atoms with Gasteiger partial charge in [0.1, 0.15) is 23.0 Å². The van der Waals surface area contributed by atoms with Gasteiger partial charge < -0.3 is 20.1 Å². The Kier molecular flexibility index (Phi) is 5.30. The van der Waals surface area contributed by atoms with E-state index in [0.717, 1.165) is 34.3 Å². The summed E-state index contributed by atoms with van der Waals surface area (Å²) in [5, 5.41) is 14.3. The Morgan fingerprint density at radius 2 is 1.84 bits per heavy atom. The lowest BCUT2D eigenvalue weighted by molar-refractivity contribution is 0.393. The van der Waals surface area contributed by atoms with Gasteiger partial charge in [-0.25, -0.2) is 0 Å². The molecular formula is C18H19ClN4O2. The number of ether oxygens (including phenoxy) is 2. The standard InChI is InChI=1S/C18H19ClN4O2/c1-24-15-6-12(7-16(9-15)25-2)10-20-18-17(11-21-23-18)22-14-5-3-4-13(19)8-14/h3-9,11,22H,10H2,1-2H3,(H2,20,21,23). The van der Waals surface area contributed by atoms with Gasteiger partial charge in [0.05, 0.1) is 20.4 Å². The van der Waals surface area contributed by atoms with Crippen molar-refractivity contribution < 1.29 is 9.47 Å². The van der Waals surface area contributed by atoms with E-state index in [4.69, 9.17) is 21.1 Å². The Hall–Kier alpha value is -2.86. The van der Waals surface area contributed by atoms with Crippen LogP contribution < -0.4 is 20.1 Å². The third-order valence-corrected chi connectivity index (χ3v) is 3.86. The van der Waals surface area contributed by atoms with Gasteiger partial charge >= 0.3 is 0 Å². The van der Waals surface area contributed by atoms with Crippen LogP contribution in [-0.2, 0) is 6.54 Å². The minimum atomic E-state index is 0.583. The number of benzene rings is 2. The van der Waals surface area contributed by atoms with Crippen molar-refractivity contribution >= 4 is 28.8 Å². The Morgan fingerprint density at radius 3 is 2.52 bits per heavy atom. The number of rotatable bonds is 7. The van der Waals surface area contributed by atoms with Gasteiger partial charge in [-0.2, -0.15) is 5.10 Å². The van der Waals surface area contributed by atoms with Crippen LogP contribution in [0.15, 0.2) is 48.7 Å². The monoisotopic (exact) mass is 358 g/mol. The van der Waals surface area contributed by atoms with Crippen LogP contribution >= 0.6 is 11.6 Å². The molecule has 3 N–H and O–H groups in total. The van der Waals surface area contributed by atoms with E-state index in [0.29, 0.717) is 11.6 Å². The summed E-state index contributed by atoms with van der Waals surface area (Å²) in [4.78, 5) is 0. The highest BCUT2D eigenvalue weighted by atomic mass is 35.5. The minimum Gasteiger partial charge on any atom is -0.497 e. The molecule has 0 saturated heterocycles. The highest BCUT2D eigenvalue weighted by Gasteiger charge is 2.07. The molecule has 6 nitrogen and oxygen atoms in total. The molecule has 0 bridgehead atoms. The first-order valence-corrected chi connectivity index (χ1v) is 8.07. The summed E-state index contributed by atoms with van der Waals surface area (Å²) in [5.74, 6) is 2.28. The van der Waals surface area contributed by atoms with Crippen LogP contribution in [0.2, 0.25) is 5.02 Å². The summed E-state index contributed by atoms with van der Waals surface area (Å²) in [6.07, 6.45) is 1.72. The largest absolute Gasteiger partial charge is 0.497 e. The number of nitrogens with one attached hydrogen (secondary N) is 3. The van der Waals surface area contributed by atoms with Crippen molar-refractivity contribution in [2.75, 3.05) is 24.9 Å². The summed E-state index contributed by atoms with van der Waals surface area (Å²) < 4.78 is 10.6. The maximum Gasteiger partial charge on any atom is 0.145 e. The Morgan fingerprint density at radius 1 is 1.08 bits per heavy atom. The van der Waals surface area contributed by atoms with Crippen LogP contribution in [-0.4, -0.2) is 24.4 Å². The molecule has 1 heterocycles. The number of halogens is 1. The van der Waals surface area contributed by atoms with Crippen molar-refractivity contribution in [2.45, 2.75) is 6.54 Å². The molecule has 3 aromatic rings. The third kappa shape index (κ3) is 4.36. The van der Waals surface area contributed by atoms with E-state index < -0.39 is 0 Å². The van der Waals surface area contributed by atoms with Crippen LogP contribution in [0.1, 0.15) is 5.56 Å². The zero-order chi connectivity index (χ0) is 17.6. The van der Waals surface area contributed by atoms with Crippen molar-refractivity contribution in [1.82, 2.24) is 10.2 Å². The molecule has 2 aromatic carbocycles. The summed E-state index contributed by atoms with van der Waals surface area (Å²) in [6.45, 7) is 0.583. The Balaban J connectivity index is 1.71. The lowest BCUT2D eigenvalue weighted by Gasteiger charge is -2.11. The maximum absolute atomic E-state index is 6.02. The molecule has 0 unspecified atom stereocenters. The number of aromatic amines is 1. The highest BCUT2D eigenvalue weighted by Crippen LogP contribution is 2.26. The molecule has 0 saturated carbocycles. The zero-order valence-corrected chi connectivity index (χ0v) is 14.7. The van der Waals surface area contributed by atoms with Gasteiger partial charge in [0, 0.05) is 23.3 Å². The molecule has 1 aromatic heterocycles. The second-order valence-electron chi connectivity index (χ2n) is 5.37. The molecule has 0 aliphatic rings. The van der Waals surface area contributed by atoms with E-state index in [9.17, 15) is 0 Å². The van der Waals surface area contributed by atoms with Gasteiger partial charge in [-0.1, -0.05) is 17.7 Å². The molecule has 130 valence electrons. The lowest BCUT2D eigenvalue weighted by atomic mass is 10.2. The first-order valence-electron chi connectivity index (χ1n) is 7.69. The van der Waals surface area contributed by atoms with Gasteiger partial charge in [-0.05, 0) is 35.9 Å². The number of anilines is 3. The van der Waals surface area contributed by atoms with Crippen LogP contribution in [0.3, 0.4) is 0 Å². The lowest BCUT2D eigenvalue weighted by Crippen LogP contribution is -2.03. The van der Waals surface area contributed by atoms with Crippen LogP contribution in [0, 0.1) is 0 Å². The number of methoxy groups -OCH3 is 2. The number of nitrogens with zero attached hydrogens (tertiary/aromatic N) is 1. The van der Waals surface area contributed by atoms with Crippen molar-refractivity contribution in [3.8, 4) is 11.5 Å². The summed E-state index contributed by atoms with van der Waals surface area (Å²) in [7, 11) is 3.27. The molecule has 0 radical (unpaired) electrons. The Labute approximate surface area is 151 Å². The number of hydrogen-bond donors (Lipinski definition) is 3. The van der Waals surface area contributed by atoms with Crippen LogP contribution in [0.5, 0.6) is 11.5 Å². The van der Waals surface area contributed by atoms with E-state index in [1.807, 2.05) is 42.5 Å². The minimum absolute atomic E-state index is 0.583. The summed E-state index contributed by atoms with van der Waals surface area (Å²) in [5.41, 5.74) is 2.75. The molecule has 0 fully saturated rings. The molecule has 25 heavy (non-hydrogen) atoms. The molecule has 7 heteroatoms. The van der Waals surface area contributed by atoms with Crippen molar-refractivity contribution in [2.24, 2.45) is 0 Å². The van der Waals surface area contributed by atoms with Gasteiger partial charge in [0.15, 0.2) is 0 Å². The summed E-state index contributed by atoms with van der Waals surface area (Å²) >= 11 is 6.02. The zero-order valence-electron chi connectivity index (χ0n) is 14.0. The average Bonchev–Trinajstić information content (AvgIpc) is 3.06. The SMILES string of the molecule is COc1cc(CNc2[nH]ncc2Nc2cccc(Cl)c2)cc(OC)c1. The third-order valence-electron chi connectivity index (χ3n) is 3.62. The fourth-order valence-electron chi connectivity index (χ4n) is 2.40. The van der Waals surface area contributed by atoms with Gasteiger partial charge in [-0.3, -0.25) is 5.10 Å². The van der Waals surface area contributed by atoms with E-state index in [-0.39, 0.29) is 0 Å². The van der Waals surface area contributed by atoms with Gasteiger partial charge in [0.25, 0.3) is 0 Å². The molecule has 0 spiro atoms. The quantitative estimate of drug-likeness (QED) is 0.582. The maximum atomic E-state index is 6.02.